The zero-order valence-corrected chi connectivity index (χ0v) is 10.6. The van der Waals surface area contributed by atoms with Crippen LogP contribution >= 0.6 is 11.3 Å². The van der Waals surface area contributed by atoms with Crippen molar-refractivity contribution in [2.24, 2.45) is 0 Å². The number of halogens is 3. The first-order chi connectivity index (χ1) is 8.87. The molecular formula is C11H9F3N2O2S. The Morgan fingerprint density at radius 2 is 2.26 bits per heavy atom. The molecule has 0 radical (unpaired) electrons. The molecule has 102 valence electrons. The van der Waals surface area contributed by atoms with Gasteiger partial charge in [-0.15, -0.1) is 11.3 Å². The van der Waals surface area contributed by atoms with Crippen molar-refractivity contribution in [2.45, 2.75) is 13.1 Å². The number of aromatic nitrogens is 1. The minimum Gasteiger partial charge on any atom is -0.440 e. The Bertz CT molecular complexity index is 575. The first kappa shape index (κ1) is 13.6. The molecule has 0 fully saturated rings. The maximum atomic E-state index is 12.0. The van der Waals surface area contributed by atoms with E-state index >= 15 is 0 Å². The predicted octanol–water partition coefficient (Wildman–Crippen LogP) is 3.00. The Labute approximate surface area is 110 Å². The number of carbonyl (C=O) groups is 1. The molecule has 2 aromatic heterocycles. The highest BCUT2D eigenvalue weighted by molar-refractivity contribution is 7.13. The van der Waals surface area contributed by atoms with Gasteiger partial charge in [0.15, 0.2) is 5.69 Å². The van der Waals surface area contributed by atoms with Gasteiger partial charge >= 0.3 is 6.18 Å². The number of amides is 1. The standard InChI is InChI=1S/C11H9F3N2O2S/c1-6-8(9(17)15-5-11(12,13)14)16-10(18-6)7-3-2-4-19-7/h2-4H,5H2,1H3,(H,15,17). The molecule has 0 aliphatic heterocycles. The van der Waals surface area contributed by atoms with Crippen molar-refractivity contribution >= 4 is 17.2 Å². The quantitative estimate of drug-likeness (QED) is 0.945. The number of nitrogens with zero attached hydrogens (tertiary/aromatic N) is 1. The molecule has 2 rings (SSSR count). The summed E-state index contributed by atoms with van der Waals surface area (Å²) in [6, 6.07) is 3.52. The summed E-state index contributed by atoms with van der Waals surface area (Å²) in [4.78, 5) is 16.2. The van der Waals surface area contributed by atoms with E-state index in [9.17, 15) is 18.0 Å². The minimum atomic E-state index is -4.45. The summed E-state index contributed by atoms with van der Waals surface area (Å²) < 4.78 is 41.3. The maximum absolute atomic E-state index is 12.0. The van der Waals surface area contributed by atoms with Gasteiger partial charge in [0.2, 0.25) is 5.89 Å². The highest BCUT2D eigenvalue weighted by atomic mass is 32.1. The summed E-state index contributed by atoms with van der Waals surface area (Å²) in [6.07, 6.45) is -4.45. The van der Waals surface area contributed by atoms with E-state index in [1.165, 1.54) is 18.3 Å². The molecule has 0 saturated carbocycles. The lowest BCUT2D eigenvalue weighted by Crippen LogP contribution is -2.34. The van der Waals surface area contributed by atoms with Crippen molar-refractivity contribution in [3.8, 4) is 10.8 Å². The lowest BCUT2D eigenvalue weighted by Gasteiger charge is -2.06. The largest absolute Gasteiger partial charge is 0.440 e. The molecule has 2 aromatic rings. The van der Waals surface area contributed by atoms with Crippen molar-refractivity contribution in [1.82, 2.24) is 10.3 Å². The van der Waals surface area contributed by atoms with E-state index in [1.807, 2.05) is 0 Å². The van der Waals surface area contributed by atoms with Gasteiger partial charge in [0, 0.05) is 0 Å². The number of nitrogens with one attached hydrogen (secondary N) is 1. The molecule has 0 aromatic carbocycles. The second-order valence-electron chi connectivity index (χ2n) is 3.70. The first-order valence-corrected chi connectivity index (χ1v) is 6.11. The molecule has 0 aliphatic carbocycles. The number of hydrogen-bond donors (Lipinski definition) is 1. The molecule has 0 unspecified atom stereocenters. The van der Waals surface area contributed by atoms with Gasteiger partial charge in [-0.2, -0.15) is 13.2 Å². The summed E-state index contributed by atoms with van der Waals surface area (Å²) in [5, 5.41) is 3.56. The van der Waals surface area contributed by atoms with E-state index in [1.54, 1.807) is 22.8 Å². The van der Waals surface area contributed by atoms with Crippen LogP contribution in [0.4, 0.5) is 13.2 Å². The molecule has 1 N–H and O–H groups in total. The van der Waals surface area contributed by atoms with Crippen LogP contribution in [0.1, 0.15) is 16.2 Å². The Kier molecular flexibility index (Phi) is 3.61. The molecule has 19 heavy (non-hydrogen) atoms. The molecular weight excluding hydrogens is 281 g/mol. The molecule has 0 bridgehead atoms. The van der Waals surface area contributed by atoms with Crippen LogP contribution < -0.4 is 5.32 Å². The van der Waals surface area contributed by atoms with E-state index in [-0.39, 0.29) is 17.3 Å². The summed E-state index contributed by atoms with van der Waals surface area (Å²) >= 11 is 1.36. The number of alkyl halides is 3. The normalized spacial score (nSPS) is 11.6. The van der Waals surface area contributed by atoms with Crippen LogP contribution in [0.25, 0.3) is 10.8 Å². The number of aryl methyl sites for hydroxylation is 1. The lowest BCUT2D eigenvalue weighted by molar-refractivity contribution is -0.123. The number of thiophene rings is 1. The Balaban J connectivity index is 2.15. The molecule has 4 nitrogen and oxygen atoms in total. The van der Waals surface area contributed by atoms with Gasteiger partial charge in [-0.1, -0.05) is 6.07 Å². The molecule has 0 aliphatic rings. The zero-order valence-electron chi connectivity index (χ0n) is 9.75. The third-order valence-electron chi connectivity index (χ3n) is 2.19. The monoisotopic (exact) mass is 290 g/mol. The van der Waals surface area contributed by atoms with Crippen molar-refractivity contribution in [3.63, 3.8) is 0 Å². The summed E-state index contributed by atoms with van der Waals surface area (Å²) in [6.45, 7) is 0.0824. The van der Waals surface area contributed by atoms with Crippen LogP contribution in [-0.4, -0.2) is 23.6 Å². The molecule has 0 spiro atoms. The van der Waals surface area contributed by atoms with Gasteiger partial charge in [0.25, 0.3) is 5.91 Å². The Morgan fingerprint density at radius 1 is 1.53 bits per heavy atom. The maximum Gasteiger partial charge on any atom is 0.405 e. The van der Waals surface area contributed by atoms with Crippen LogP contribution in [0.5, 0.6) is 0 Å². The highest BCUT2D eigenvalue weighted by Gasteiger charge is 2.29. The number of oxazole rings is 1. The van der Waals surface area contributed by atoms with E-state index < -0.39 is 18.6 Å². The fourth-order valence-corrected chi connectivity index (χ4v) is 2.03. The third-order valence-corrected chi connectivity index (χ3v) is 3.05. The molecule has 0 saturated heterocycles. The van der Waals surface area contributed by atoms with Crippen LogP contribution in [0.2, 0.25) is 0 Å². The molecule has 0 atom stereocenters. The van der Waals surface area contributed by atoms with Gasteiger partial charge < -0.3 is 9.73 Å². The summed E-state index contributed by atoms with van der Waals surface area (Å²) in [7, 11) is 0. The van der Waals surface area contributed by atoms with Crippen LogP contribution in [0.15, 0.2) is 21.9 Å². The number of hydrogen-bond acceptors (Lipinski definition) is 4. The molecule has 2 heterocycles. The second kappa shape index (κ2) is 5.04. The van der Waals surface area contributed by atoms with E-state index in [2.05, 4.69) is 4.98 Å². The van der Waals surface area contributed by atoms with Gasteiger partial charge in [0.05, 0.1) is 4.88 Å². The minimum absolute atomic E-state index is 0.132. The van der Waals surface area contributed by atoms with Gasteiger partial charge in [-0.05, 0) is 18.4 Å². The number of carbonyl (C=O) groups excluding carboxylic acids is 1. The van der Waals surface area contributed by atoms with Crippen molar-refractivity contribution in [1.29, 1.82) is 0 Å². The zero-order chi connectivity index (χ0) is 14.0. The average molecular weight is 290 g/mol. The molecule has 1 amide bonds. The second-order valence-corrected chi connectivity index (χ2v) is 4.65. The summed E-state index contributed by atoms with van der Waals surface area (Å²) in [5.41, 5.74) is -0.132. The van der Waals surface area contributed by atoms with Crippen molar-refractivity contribution in [2.75, 3.05) is 6.54 Å². The highest BCUT2D eigenvalue weighted by Crippen LogP contribution is 2.25. The van der Waals surface area contributed by atoms with Crippen molar-refractivity contribution < 1.29 is 22.4 Å². The van der Waals surface area contributed by atoms with Gasteiger partial charge in [-0.3, -0.25) is 4.79 Å². The van der Waals surface area contributed by atoms with E-state index in [4.69, 9.17) is 4.42 Å². The lowest BCUT2D eigenvalue weighted by atomic mass is 10.3. The summed E-state index contributed by atoms with van der Waals surface area (Å²) in [5.74, 6) is -0.492. The predicted molar refractivity (Wildman–Crippen MR) is 62.9 cm³/mol. The van der Waals surface area contributed by atoms with Gasteiger partial charge in [-0.25, -0.2) is 4.98 Å². The fourth-order valence-electron chi connectivity index (χ4n) is 1.38. The van der Waals surface area contributed by atoms with E-state index in [0.29, 0.717) is 4.88 Å². The number of rotatable bonds is 3. The Morgan fingerprint density at radius 3 is 2.84 bits per heavy atom. The molecule has 8 heteroatoms. The Hall–Kier alpha value is -1.83. The topological polar surface area (TPSA) is 55.1 Å². The van der Waals surface area contributed by atoms with Crippen molar-refractivity contribution in [3.05, 3.63) is 29.0 Å². The van der Waals surface area contributed by atoms with Crippen LogP contribution in [0, 0.1) is 6.92 Å². The first-order valence-electron chi connectivity index (χ1n) is 5.23. The smallest absolute Gasteiger partial charge is 0.405 e. The van der Waals surface area contributed by atoms with Gasteiger partial charge in [0.1, 0.15) is 12.3 Å². The fraction of sp³-hybridized carbons (Fsp3) is 0.273. The SMILES string of the molecule is Cc1oc(-c2cccs2)nc1C(=O)NCC(F)(F)F. The average Bonchev–Trinajstić information content (AvgIpc) is 2.93. The van der Waals surface area contributed by atoms with Crippen LogP contribution in [0.3, 0.4) is 0 Å². The van der Waals surface area contributed by atoms with Crippen LogP contribution in [-0.2, 0) is 0 Å². The third kappa shape index (κ3) is 3.34. The van der Waals surface area contributed by atoms with E-state index in [0.717, 1.165) is 0 Å².